The Kier molecular flexibility index (Phi) is 13.4. The Hall–Kier alpha value is -7.02. The van der Waals surface area contributed by atoms with Crippen LogP contribution in [0.4, 0.5) is 17.2 Å². The number of fused-ring (bicyclic) bond motifs is 1. The van der Waals surface area contributed by atoms with Crippen LogP contribution in [-0.4, -0.2) is 116 Å². The van der Waals surface area contributed by atoms with Crippen LogP contribution in [0, 0.1) is 0 Å². The van der Waals surface area contributed by atoms with Crippen LogP contribution in [0.1, 0.15) is 99.9 Å². The summed E-state index contributed by atoms with van der Waals surface area (Å²) < 4.78 is 0. The van der Waals surface area contributed by atoms with E-state index in [9.17, 15) is 24.0 Å². The van der Waals surface area contributed by atoms with Crippen molar-refractivity contribution in [3.63, 3.8) is 0 Å². The lowest BCUT2D eigenvalue weighted by Crippen LogP contribution is -2.52. The first kappa shape index (κ1) is 46.7. The van der Waals surface area contributed by atoms with Crippen molar-refractivity contribution >= 4 is 64.1 Å². The molecule has 7 heterocycles. The summed E-state index contributed by atoms with van der Waals surface area (Å²) in [4.78, 5) is 82.3. The Morgan fingerprint density at radius 1 is 0.843 bits per heavy atom. The number of imide groups is 1. The second-order valence-electron chi connectivity index (χ2n) is 19.1. The lowest BCUT2D eigenvalue weighted by Gasteiger charge is -2.40. The Morgan fingerprint density at radius 3 is 2.37 bits per heavy atom. The van der Waals surface area contributed by atoms with E-state index in [1.165, 1.54) is 16.7 Å². The number of amides is 5. The minimum atomic E-state index is -0.680. The van der Waals surface area contributed by atoms with Crippen LogP contribution < -0.4 is 31.5 Å². The van der Waals surface area contributed by atoms with Gasteiger partial charge in [0.2, 0.25) is 11.8 Å². The number of hydrogen-bond acceptors (Lipinski definition) is 14. The summed E-state index contributed by atoms with van der Waals surface area (Å²) in [5, 5.41) is 17.7. The molecule has 3 aromatic carbocycles. The third-order valence-corrected chi connectivity index (χ3v) is 15.1. The van der Waals surface area contributed by atoms with Crippen molar-refractivity contribution in [2.24, 2.45) is 5.73 Å². The van der Waals surface area contributed by atoms with Crippen LogP contribution in [0.5, 0.6) is 0 Å². The number of nitrogens with zero attached hydrogens (tertiary/aromatic N) is 8. The predicted octanol–water partition coefficient (Wildman–Crippen LogP) is 5.44. The number of carbonyl (C=O) groups excluding carboxylic acids is 5. The normalized spacial score (nSPS) is 19.6. The fourth-order valence-electron chi connectivity index (χ4n) is 9.93. The van der Waals surface area contributed by atoms with Crippen molar-refractivity contribution in [2.45, 2.75) is 92.5 Å². The van der Waals surface area contributed by atoms with Crippen molar-refractivity contribution in [3.05, 3.63) is 131 Å². The van der Waals surface area contributed by atoms with Gasteiger partial charge in [-0.05, 0) is 123 Å². The molecule has 0 radical (unpaired) electrons. The number of nitrogens with one attached hydrogen (secondary N) is 3. The molecule has 1 atom stereocenters. The molecule has 5 N–H and O–H groups in total. The van der Waals surface area contributed by atoms with Gasteiger partial charge in [0.1, 0.15) is 16.9 Å². The number of rotatable bonds is 12. The summed E-state index contributed by atoms with van der Waals surface area (Å²) in [6.45, 7) is 7.93. The molecular formula is C52H56N12O5S. The van der Waals surface area contributed by atoms with E-state index >= 15 is 0 Å². The summed E-state index contributed by atoms with van der Waals surface area (Å²) in [6.07, 6.45) is 11.1. The van der Waals surface area contributed by atoms with Gasteiger partial charge < -0.3 is 31.1 Å². The molecule has 5 aliphatic heterocycles. The van der Waals surface area contributed by atoms with Gasteiger partial charge in [0.25, 0.3) is 17.7 Å². The molecule has 2 aromatic heterocycles. The molecule has 10 rings (SSSR count). The SMILES string of the molecule is CC1(N)CCN(c2cnc(Sc3cccc(NC(=O)c4ccc(N5CCC(N6CC=C(c7ccc(C(=O)NCc8ccc9c(c8)CN(C8CCC(=O)NC8=O)C9=O)nn7)CC6)CC5)cc4)c3)cn2)CC1. The second-order valence-corrected chi connectivity index (χ2v) is 20.1. The topological polar surface area (TPSA) is 212 Å². The van der Waals surface area contributed by atoms with Gasteiger partial charge in [-0.2, -0.15) is 5.10 Å². The second kappa shape index (κ2) is 20.1. The monoisotopic (exact) mass is 960 g/mol. The molecule has 0 spiro atoms. The molecule has 360 valence electrons. The van der Waals surface area contributed by atoms with Gasteiger partial charge in [-0.25, -0.2) is 9.97 Å². The molecule has 0 bridgehead atoms. The minimum Gasteiger partial charge on any atom is -0.371 e. The molecule has 3 fully saturated rings. The van der Waals surface area contributed by atoms with Crippen LogP contribution in [-0.2, 0) is 22.7 Å². The van der Waals surface area contributed by atoms with Crippen LogP contribution >= 0.6 is 11.8 Å². The number of piperidine rings is 3. The maximum Gasteiger partial charge on any atom is 0.272 e. The fraction of sp³-hybridized carbons (Fsp3) is 0.365. The highest BCUT2D eigenvalue weighted by atomic mass is 32.2. The third kappa shape index (κ3) is 10.6. The highest BCUT2D eigenvalue weighted by Crippen LogP contribution is 2.32. The minimum absolute atomic E-state index is 0.121. The first-order valence-corrected chi connectivity index (χ1v) is 24.8. The summed E-state index contributed by atoms with van der Waals surface area (Å²) in [6, 6.07) is 24.3. The van der Waals surface area contributed by atoms with E-state index in [2.05, 4.69) is 63.8 Å². The Labute approximate surface area is 410 Å². The van der Waals surface area contributed by atoms with Crippen LogP contribution in [0.15, 0.2) is 107 Å². The molecule has 70 heavy (non-hydrogen) atoms. The molecule has 1 unspecified atom stereocenters. The Morgan fingerprint density at radius 2 is 1.66 bits per heavy atom. The molecular weight excluding hydrogens is 905 g/mol. The Bertz CT molecular complexity index is 2820. The van der Waals surface area contributed by atoms with Crippen LogP contribution in [0.25, 0.3) is 5.57 Å². The van der Waals surface area contributed by atoms with Crippen molar-refractivity contribution in [2.75, 3.05) is 54.4 Å². The maximum absolute atomic E-state index is 13.3. The van der Waals surface area contributed by atoms with E-state index in [-0.39, 0.29) is 54.4 Å². The smallest absolute Gasteiger partial charge is 0.272 e. The molecule has 0 aliphatic carbocycles. The number of nitrogens with two attached hydrogens (primary N) is 1. The zero-order chi connectivity index (χ0) is 48.4. The average molecular weight is 961 g/mol. The van der Waals surface area contributed by atoms with E-state index in [1.807, 2.05) is 66.9 Å². The van der Waals surface area contributed by atoms with E-state index < -0.39 is 11.9 Å². The summed E-state index contributed by atoms with van der Waals surface area (Å²) in [7, 11) is 0. The van der Waals surface area contributed by atoms with Gasteiger partial charge >= 0.3 is 0 Å². The molecule has 3 saturated heterocycles. The number of aromatic nitrogens is 4. The van der Waals surface area contributed by atoms with E-state index in [4.69, 9.17) is 5.73 Å². The van der Waals surface area contributed by atoms with Gasteiger partial charge in [0.05, 0.1) is 18.1 Å². The fourth-order valence-corrected chi connectivity index (χ4v) is 10.7. The van der Waals surface area contributed by atoms with Crippen LogP contribution in [0.3, 0.4) is 0 Å². The number of carbonyl (C=O) groups is 5. The van der Waals surface area contributed by atoms with Crippen molar-refractivity contribution in [1.82, 2.24) is 40.6 Å². The Balaban J connectivity index is 0.652. The molecule has 17 nitrogen and oxygen atoms in total. The van der Waals surface area contributed by atoms with Crippen molar-refractivity contribution in [3.8, 4) is 0 Å². The largest absolute Gasteiger partial charge is 0.371 e. The van der Waals surface area contributed by atoms with Gasteiger partial charge in [0.15, 0.2) is 5.69 Å². The van der Waals surface area contributed by atoms with E-state index in [0.29, 0.717) is 29.3 Å². The molecule has 18 heteroatoms. The number of hydrogen-bond donors (Lipinski definition) is 4. The summed E-state index contributed by atoms with van der Waals surface area (Å²) in [5.41, 5.74) is 12.8. The zero-order valence-electron chi connectivity index (χ0n) is 39.1. The third-order valence-electron chi connectivity index (χ3n) is 14.1. The molecule has 5 aliphatic rings. The van der Waals surface area contributed by atoms with Crippen LogP contribution in [0.2, 0.25) is 0 Å². The van der Waals surface area contributed by atoms with Gasteiger partial charge in [0, 0.05) is 97.8 Å². The average Bonchev–Trinajstić information content (AvgIpc) is 3.70. The summed E-state index contributed by atoms with van der Waals surface area (Å²) >= 11 is 1.50. The first-order chi connectivity index (χ1) is 33.9. The number of anilines is 3. The summed E-state index contributed by atoms with van der Waals surface area (Å²) in [5.74, 6) is -0.662. The number of benzene rings is 3. The van der Waals surface area contributed by atoms with E-state index in [1.54, 1.807) is 24.4 Å². The lowest BCUT2D eigenvalue weighted by atomic mass is 9.91. The van der Waals surface area contributed by atoms with Crippen molar-refractivity contribution in [1.29, 1.82) is 0 Å². The molecule has 5 aromatic rings. The van der Waals surface area contributed by atoms with Crippen molar-refractivity contribution < 1.29 is 24.0 Å². The zero-order valence-corrected chi connectivity index (χ0v) is 39.9. The van der Waals surface area contributed by atoms with E-state index in [0.717, 1.165) is 115 Å². The molecule has 0 saturated carbocycles. The first-order valence-electron chi connectivity index (χ1n) is 24.0. The quantitative estimate of drug-likeness (QED) is 0.115. The molecule has 5 amide bonds. The van der Waals surface area contributed by atoms with Gasteiger partial charge in [-0.3, -0.25) is 34.2 Å². The standard InChI is InChI=1S/C52H56N12O5S/c1-52(53)19-25-63(26-20-52)45-30-55-47(31-54-45)70-40-4-2-3-37(28-40)57-48(66)35-6-8-38(9-7-35)62-23-17-39(18-24-62)61-21-15-34(16-22-61)42-11-12-43(60-59-42)49(67)56-29-33-5-10-41-36(27-33)32-64(51(41)69)44-13-14-46(65)58-50(44)68/h2-12,15,27-28,30-31,39,44H,13-14,16-26,29,32,53H2,1H3,(H,56,67)(H,57,66)(H,58,65,68). The maximum atomic E-state index is 13.3. The van der Waals surface area contributed by atoms with Gasteiger partial charge in [-0.15, -0.1) is 5.10 Å². The highest BCUT2D eigenvalue weighted by Gasteiger charge is 2.39. The lowest BCUT2D eigenvalue weighted by molar-refractivity contribution is -0.136. The van der Waals surface area contributed by atoms with Gasteiger partial charge in [-0.1, -0.05) is 36.0 Å². The highest BCUT2D eigenvalue weighted by molar-refractivity contribution is 7.99. The predicted molar refractivity (Wildman–Crippen MR) is 266 cm³/mol.